The Hall–Kier alpha value is 0.270. The maximum Gasteiger partial charge on any atom is -0.0101 e. The largest absolute Gasteiger partial charge is 0.255 e. The molecule has 0 atom stereocenters. The average molecular weight is 110 g/mol. The molecule has 2 N–H and O–H groups in total. The van der Waals surface area contributed by atoms with Gasteiger partial charge in [0.2, 0.25) is 0 Å². The molecular weight excluding hydrogens is 100 g/mol. The summed E-state index contributed by atoms with van der Waals surface area (Å²) in [7, 11) is 0. The minimum atomic E-state index is 1.01. The molecule has 0 aliphatic carbocycles. The molecule has 0 aliphatic heterocycles. The molecule has 0 aromatic carbocycles. The van der Waals surface area contributed by atoms with E-state index in [-0.39, 0.29) is 0 Å². The topological polar surface area (TPSA) is 40.5 Å². The summed E-state index contributed by atoms with van der Waals surface area (Å²) in [4.78, 5) is 0. The molecule has 0 radical (unpaired) electrons. The van der Waals surface area contributed by atoms with Gasteiger partial charge in [0.1, 0.15) is 0 Å². The van der Waals surface area contributed by atoms with Crippen LogP contribution < -0.4 is 0 Å². The lowest BCUT2D eigenvalue weighted by Crippen LogP contribution is -1.56. The van der Waals surface area contributed by atoms with Gasteiger partial charge in [-0.1, -0.05) is 6.92 Å². The molecule has 0 spiro atoms. The van der Waals surface area contributed by atoms with E-state index in [1.54, 1.807) is 0 Å². The van der Waals surface area contributed by atoms with Gasteiger partial charge in [0, 0.05) is 0 Å². The first-order valence-electron chi connectivity index (χ1n) is 1.72. The van der Waals surface area contributed by atoms with E-state index in [4.69, 9.17) is 10.5 Å². The maximum absolute atomic E-state index is 6.00. The summed E-state index contributed by atoms with van der Waals surface area (Å²) >= 11 is 3.92. The van der Waals surface area contributed by atoms with Crippen molar-refractivity contribution in [2.75, 3.05) is 5.75 Å². The molecule has 2 nitrogen and oxygen atoms in total. The molecule has 0 unspecified atom stereocenters. The van der Waals surface area contributed by atoms with Crippen molar-refractivity contribution in [3.05, 3.63) is 0 Å². The van der Waals surface area contributed by atoms with Crippen molar-refractivity contribution in [3.63, 3.8) is 0 Å². The average Bonchev–Trinajstić information content (AvgIpc) is 1.72. The van der Waals surface area contributed by atoms with Gasteiger partial charge in [-0.15, -0.1) is 0 Å². The van der Waals surface area contributed by atoms with Crippen LogP contribution in [0.25, 0.3) is 0 Å². The fourth-order valence-electron chi connectivity index (χ4n) is 0. The third-order valence-corrected chi connectivity index (χ3v) is 0.671. The monoisotopic (exact) mass is 110 g/mol. The van der Waals surface area contributed by atoms with Crippen LogP contribution in [0.1, 0.15) is 13.3 Å². The van der Waals surface area contributed by atoms with Crippen molar-refractivity contribution >= 4 is 12.6 Å². The minimum absolute atomic E-state index is 1.01. The predicted octanol–water partition coefficient (Wildman–Crippen LogP) is 1.34. The summed E-state index contributed by atoms with van der Waals surface area (Å²) in [5.41, 5.74) is 0. The Balaban J connectivity index is 0. The van der Waals surface area contributed by atoms with Crippen molar-refractivity contribution < 1.29 is 10.5 Å². The predicted molar refractivity (Wildman–Crippen MR) is 29.4 cm³/mol. The summed E-state index contributed by atoms with van der Waals surface area (Å²) in [5.74, 6) is 1.01. The second kappa shape index (κ2) is 18.6. The van der Waals surface area contributed by atoms with Gasteiger partial charge in [0.15, 0.2) is 0 Å². The molecule has 0 aromatic rings. The van der Waals surface area contributed by atoms with Gasteiger partial charge >= 0.3 is 0 Å². The van der Waals surface area contributed by atoms with E-state index in [9.17, 15) is 0 Å². The van der Waals surface area contributed by atoms with E-state index in [1.165, 1.54) is 6.42 Å². The number of hydrogen-bond donors (Lipinski definition) is 3. The van der Waals surface area contributed by atoms with Crippen LogP contribution >= 0.6 is 12.6 Å². The lowest BCUT2D eigenvalue weighted by molar-refractivity contribution is -0.176. The van der Waals surface area contributed by atoms with Crippen LogP contribution in [0.4, 0.5) is 0 Å². The SMILES string of the molecule is CCCS.OO. The minimum Gasteiger partial charge on any atom is -0.255 e. The molecule has 0 amide bonds. The Kier molecular flexibility index (Phi) is 29.7. The number of thiol groups is 1. The van der Waals surface area contributed by atoms with Gasteiger partial charge in [0.05, 0.1) is 0 Å². The molecule has 0 saturated heterocycles. The van der Waals surface area contributed by atoms with Gasteiger partial charge in [-0.2, -0.15) is 12.6 Å². The van der Waals surface area contributed by atoms with Gasteiger partial charge < -0.3 is 0 Å². The fourth-order valence-corrected chi connectivity index (χ4v) is 0. The smallest absolute Gasteiger partial charge is 0.0101 e. The highest BCUT2D eigenvalue weighted by Gasteiger charge is 1.57. The summed E-state index contributed by atoms with van der Waals surface area (Å²) in [5, 5.41) is 12.0. The first-order chi connectivity index (χ1) is 2.91. The fraction of sp³-hybridized carbons (Fsp3) is 1.00. The second-order valence-electron chi connectivity index (χ2n) is 0.724. The van der Waals surface area contributed by atoms with Crippen molar-refractivity contribution in [2.24, 2.45) is 0 Å². The highest BCUT2D eigenvalue weighted by molar-refractivity contribution is 7.80. The normalized spacial score (nSPS) is 6.00. The lowest BCUT2D eigenvalue weighted by atomic mass is 10.6. The quantitative estimate of drug-likeness (QED) is 0.271. The molecule has 0 bridgehead atoms. The first-order valence-corrected chi connectivity index (χ1v) is 2.36. The van der Waals surface area contributed by atoms with Crippen LogP contribution in [0.15, 0.2) is 0 Å². The molecular formula is C3H10O2S. The highest BCUT2D eigenvalue weighted by atomic mass is 32.1. The van der Waals surface area contributed by atoms with Crippen LogP contribution in [-0.4, -0.2) is 16.3 Å². The van der Waals surface area contributed by atoms with E-state index < -0.39 is 0 Å². The Morgan fingerprint density at radius 3 is 1.67 bits per heavy atom. The summed E-state index contributed by atoms with van der Waals surface area (Å²) in [6.07, 6.45) is 1.18. The highest BCUT2D eigenvalue weighted by Crippen LogP contribution is 1.74. The van der Waals surface area contributed by atoms with Gasteiger partial charge in [-0.05, 0) is 12.2 Å². The van der Waals surface area contributed by atoms with E-state index in [0.717, 1.165) is 5.75 Å². The molecule has 0 heterocycles. The van der Waals surface area contributed by atoms with Crippen molar-refractivity contribution in [3.8, 4) is 0 Å². The molecule has 0 rings (SSSR count). The van der Waals surface area contributed by atoms with Crippen molar-refractivity contribution in [1.82, 2.24) is 0 Å². The summed E-state index contributed by atoms with van der Waals surface area (Å²) < 4.78 is 0. The van der Waals surface area contributed by atoms with E-state index >= 15 is 0 Å². The standard InChI is InChI=1S/C3H8S.H2O2/c1-2-3-4;1-2/h4H,2-3H2,1H3;1-2H. The Morgan fingerprint density at radius 2 is 1.67 bits per heavy atom. The molecule has 40 valence electrons. The molecule has 0 aliphatic rings. The number of hydrogen-bond acceptors (Lipinski definition) is 3. The van der Waals surface area contributed by atoms with Crippen LogP contribution in [0.3, 0.4) is 0 Å². The third kappa shape index (κ3) is 28.3. The Morgan fingerprint density at radius 1 is 1.50 bits per heavy atom. The van der Waals surface area contributed by atoms with Crippen LogP contribution in [0, 0.1) is 0 Å². The van der Waals surface area contributed by atoms with E-state index in [0.29, 0.717) is 0 Å². The van der Waals surface area contributed by atoms with Crippen molar-refractivity contribution in [2.45, 2.75) is 13.3 Å². The molecule has 0 saturated carbocycles. The van der Waals surface area contributed by atoms with Crippen LogP contribution in [0.2, 0.25) is 0 Å². The zero-order valence-corrected chi connectivity index (χ0v) is 4.65. The van der Waals surface area contributed by atoms with E-state index in [2.05, 4.69) is 19.6 Å². The lowest BCUT2D eigenvalue weighted by Gasteiger charge is -1.67. The van der Waals surface area contributed by atoms with Gasteiger partial charge in [-0.3, -0.25) is 10.5 Å². The van der Waals surface area contributed by atoms with Crippen LogP contribution in [0.5, 0.6) is 0 Å². The molecule has 6 heavy (non-hydrogen) atoms. The summed E-state index contributed by atoms with van der Waals surface area (Å²) in [6, 6.07) is 0. The summed E-state index contributed by atoms with van der Waals surface area (Å²) in [6.45, 7) is 2.10. The van der Waals surface area contributed by atoms with Crippen LogP contribution in [-0.2, 0) is 0 Å². The Labute approximate surface area is 43.1 Å². The van der Waals surface area contributed by atoms with Gasteiger partial charge in [0.25, 0.3) is 0 Å². The zero-order chi connectivity index (χ0) is 5.41. The second-order valence-corrected chi connectivity index (χ2v) is 1.17. The van der Waals surface area contributed by atoms with E-state index in [1.807, 2.05) is 0 Å². The maximum atomic E-state index is 6.00. The molecule has 3 heteroatoms. The zero-order valence-electron chi connectivity index (χ0n) is 3.76. The van der Waals surface area contributed by atoms with Gasteiger partial charge in [-0.25, -0.2) is 0 Å². The Bertz CT molecular complexity index is 10.8. The third-order valence-electron chi connectivity index (χ3n) is 0.224. The first kappa shape index (κ1) is 9.55. The molecule has 0 fully saturated rings. The number of rotatable bonds is 1. The molecule has 0 aromatic heterocycles. The van der Waals surface area contributed by atoms with Crippen molar-refractivity contribution in [1.29, 1.82) is 0 Å².